The second kappa shape index (κ2) is 15.9. The number of rotatable bonds is 14. The molecule has 9 heteroatoms. The molecule has 0 atom stereocenters. The molecule has 2 N–H and O–H groups in total. The number of unbranched alkanes of at least 4 members (excludes halogenated alkanes) is 3. The summed E-state index contributed by atoms with van der Waals surface area (Å²) in [6.45, 7) is 0.777. The molecule has 0 unspecified atom stereocenters. The zero-order valence-corrected chi connectivity index (χ0v) is 25.8. The van der Waals surface area contributed by atoms with Crippen molar-refractivity contribution in [1.29, 1.82) is 0 Å². The van der Waals surface area contributed by atoms with E-state index in [1.54, 1.807) is 79.9 Å². The topological polar surface area (TPSA) is 102 Å². The monoisotopic (exact) mass is 633 g/mol. The molecule has 1 amide bonds. The summed E-state index contributed by atoms with van der Waals surface area (Å²) < 4.78 is 10.4. The SMILES string of the molecule is COc1ccc(C(=O)OCCCCCCNC(=O)c2cc(-c3cccc(Cl)c3)c(CC(=O)O)c(-c3cccc(Cl)c3)c2)cc1. The number of carboxylic acid groups (broad SMARTS) is 1. The van der Waals surface area contributed by atoms with Gasteiger partial charge < -0.3 is 19.9 Å². The van der Waals surface area contributed by atoms with Gasteiger partial charge in [-0.25, -0.2) is 4.79 Å². The van der Waals surface area contributed by atoms with Crippen LogP contribution in [0.3, 0.4) is 0 Å². The maximum absolute atomic E-state index is 13.3. The highest BCUT2D eigenvalue weighted by atomic mass is 35.5. The van der Waals surface area contributed by atoms with Crippen LogP contribution in [0.25, 0.3) is 22.3 Å². The molecule has 0 fully saturated rings. The minimum absolute atomic E-state index is 0.249. The average molecular weight is 635 g/mol. The van der Waals surface area contributed by atoms with Crippen molar-refractivity contribution in [2.45, 2.75) is 32.1 Å². The van der Waals surface area contributed by atoms with Gasteiger partial charge in [0.2, 0.25) is 0 Å². The van der Waals surface area contributed by atoms with Crippen molar-refractivity contribution in [2.24, 2.45) is 0 Å². The van der Waals surface area contributed by atoms with Crippen molar-refractivity contribution in [3.8, 4) is 28.0 Å². The molecule has 4 aromatic rings. The Morgan fingerprint density at radius 2 is 1.34 bits per heavy atom. The standard InChI is InChI=1S/C35H33Cl2NO6/c1-43-29-14-12-23(13-15-29)35(42)44-17-5-3-2-4-16-38-34(41)26-20-30(24-8-6-10-27(36)18-24)32(22-33(39)40)31(21-26)25-9-7-11-28(37)19-25/h6-15,18-21H,2-5,16-17,22H2,1H3,(H,38,41)(H,39,40). The normalized spacial score (nSPS) is 10.7. The van der Waals surface area contributed by atoms with Crippen LogP contribution in [-0.2, 0) is 16.0 Å². The van der Waals surface area contributed by atoms with Crippen LogP contribution in [-0.4, -0.2) is 43.2 Å². The summed E-state index contributed by atoms with van der Waals surface area (Å²) in [5.41, 5.74) is 4.07. The first kappa shape index (κ1) is 32.6. The fraction of sp³-hybridized carbons (Fsp3) is 0.229. The third kappa shape index (κ3) is 9.09. The number of hydrogen-bond acceptors (Lipinski definition) is 5. The molecule has 0 saturated carbocycles. The number of esters is 1. The van der Waals surface area contributed by atoms with Crippen LogP contribution >= 0.6 is 23.2 Å². The Morgan fingerprint density at radius 1 is 0.750 bits per heavy atom. The molecule has 0 aliphatic carbocycles. The first-order valence-electron chi connectivity index (χ1n) is 14.2. The van der Waals surface area contributed by atoms with Crippen molar-refractivity contribution >= 4 is 41.0 Å². The van der Waals surface area contributed by atoms with Crippen molar-refractivity contribution in [3.63, 3.8) is 0 Å². The van der Waals surface area contributed by atoms with E-state index >= 15 is 0 Å². The fourth-order valence-corrected chi connectivity index (χ4v) is 5.21. The lowest BCUT2D eigenvalue weighted by molar-refractivity contribution is -0.136. The summed E-state index contributed by atoms with van der Waals surface area (Å²) in [6.07, 6.45) is 2.90. The van der Waals surface area contributed by atoms with Crippen LogP contribution in [0.5, 0.6) is 5.75 Å². The van der Waals surface area contributed by atoms with Crippen LogP contribution in [0.2, 0.25) is 10.0 Å². The Kier molecular flexibility index (Phi) is 11.8. The van der Waals surface area contributed by atoms with E-state index in [1.165, 1.54) is 0 Å². The molecular weight excluding hydrogens is 601 g/mol. The van der Waals surface area contributed by atoms with Crippen molar-refractivity contribution < 1.29 is 29.0 Å². The van der Waals surface area contributed by atoms with E-state index in [9.17, 15) is 19.5 Å². The largest absolute Gasteiger partial charge is 0.497 e. The summed E-state index contributed by atoms with van der Waals surface area (Å²) in [5.74, 6) is -0.966. The quantitative estimate of drug-likeness (QED) is 0.107. The highest BCUT2D eigenvalue weighted by molar-refractivity contribution is 6.31. The molecular formula is C35H33Cl2NO6. The average Bonchev–Trinajstić information content (AvgIpc) is 3.01. The van der Waals surface area contributed by atoms with Gasteiger partial charge in [-0.1, -0.05) is 53.9 Å². The molecule has 0 heterocycles. The molecule has 4 rings (SSSR count). The van der Waals surface area contributed by atoms with Gasteiger partial charge in [0, 0.05) is 22.2 Å². The van der Waals surface area contributed by atoms with Gasteiger partial charge in [-0.3, -0.25) is 9.59 Å². The smallest absolute Gasteiger partial charge is 0.338 e. The van der Waals surface area contributed by atoms with Gasteiger partial charge in [0.25, 0.3) is 5.91 Å². The van der Waals surface area contributed by atoms with Gasteiger partial charge in [0.1, 0.15) is 5.75 Å². The molecule has 0 radical (unpaired) electrons. The number of methoxy groups -OCH3 is 1. The number of carbonyl (C=O) groups excluding carboxylic acids is 2. The minimum atomic E-state index is -0.996. The zero-order chi connectivity index (χ0) is 31.5. The highest BCUT2D eigenvalue weighted by Crippen LogP contribution is 2.36. The molecule has 44 heavy (non-hydrogen) atoms. The van der Waals surface area contributed by atoms with Crippen LogP contribution in [0.4, 0.5) is 0 Å². The Balaban J connectivity index is 1.39. The molecule has 0 aliphatic heterocycles. The van der Waals surface area contributed by atoms with Crippen molar-refractivity contribution in [2.75, 3.05) is 20.3 Å². The number of aliphatic carboxylic acids is 1. The predicted molar refractivity (Wildman–Crippen MR) is 173 cm³/mol. The number of carboxylic acids is 1. The van der Waals surface area contributed by atoms with E-state index in [0.717, 1.165) is 19.3 Å². The molecule has 0 aromatic heterocycles. The number of benzene rings is 4. The minimum Gasteiger partial charge on any atom is -0.497 e. The number of carbonyl (C=O) groups is 3. The Labute approximate surface area is 266 Å². The lowest BCUT2D eigenvalue weighted by atomic mass is 9.87. The number of ether oxygens (including phenoxy) is 2. The summed E-state index contributed by atoms with van der Waals surface area (Å²) in [4.78, 5) is 37.4. The van der Waals surface area contributed by atoms with E-state index < -0.39 is 5.97 Å². The van der Waals surface area contributed by atoms with E-state index in [4.69, 9.17) is 32.7 Å². The van der Waals surface area contributed by atoms with Crippen LogP contribution in [0.1, 0.15) is 52.0 Å². The highest BCUT2D eigenvalue weighted by Gasteiger charge is 2.20. The molecule has 0 bridgehead atoms. The summed E-state index contributed by atoms with van der Waals surface area (Å²) in [5, 5.41) is 13.7. The van der Waals surface area contributed by atoms with E-state index in [2.05, 4.69) is 5.32 Å². The molecule has 0 spiro atoms. The van der Waals surface area contributed by atoms with Crippen LogP contribution in [0.15, 0.2) is 84.9 Å². The first-order chi connectivity index (χ1) is 21.2. The van der Waals surface area contributed by atoms with E-state index in [-0.39, 0.29) is 18.3 Å². The molecule has 0 aliphatic rings. The molecule has 228 valence electrons. The summed E-state index contributed by atoms with van der Waals surface area (Å²) in [7, 11) is 1.57. The van der Waals surface area contributed by atoms with Gasteiger partial charge >= 0.3 is 11.9 Å². The number of hydrogen-bond donors (Lipinski definition) is 2. The molecule has 4 aromatic carbocycles. The third-order valence-electron chi connectivity index (χ3n) is 7.03. The summed E-state index contributed by atoms with van der Waals surface area (Å²) >= 11 is 12.5. The van der Waals surface area contributed by atoms with Gasteiger partial charge in [0.05, 0.1) is 25.7 Å². The van der Waals surface area contributed by atoms with Gasteiger partial charge in [-0.15, -0.1) is 0 Å². The van der Waals surface area contributed by atoms with E-state index in [0.29, 0.717) is 74.3 Å². The van der Waals surface area contributed by atoms with Gasteiger partial charge in [-0.2, -0.15) is 0 Å². The fourth-order valence-electron chi connectivity index (χ4n) is 4.83. The number of amides is 1. The second-order valence-corrected chi connectivity index (χ2v) is 11.0. The zero-order valence-electron chi connectivity index (χ0n) is 24.3. The Bertz CT molecular complexity index is 1550. The maximum atomic E-state index is 13.3. The van der Waals surface area contributed by atoms with Crippen molar-refractivity contribution in [3.05, 3.63) is 112 Å². The summed E-state index contributed by atoms with van der Waals surface area (Å²) in [6, 6.07) is 24.4. The molecule has 7 nitrogen and oxygen atoms in total. The number of nitrogens with one attached hydrogen (secondary N) is 1. The number of halogens is 2. The second-order valence-electron chi connectivity index (χ2n) is 10.2. The van der Waals surface area contributed by atoms with Gasteiger partial charge in [0.15, 0.2) is 0 Å². The first-order valence-corrected chi connectivity index (χ1v) is 15.0. The third-order valence-corrected chi connectivity index (χ3v) is 7.50. The molecule has 0 saturated heterocycles. The van der Waals surface area contributed by atoms with Gasteiger partial charge in [-0.05, 0) is 108 Å². The Hall–Kier alpha value is -4.33. The Morgan fingerprint density at radius 3 is 1.89 bits per heavy atom. The van der Waals surface area contributed by atoms with Crippen molar-refractivity contribution in [1.82, 2.24) is 5.32 Å². The lowest BCUT2D eigenvalue weighted by Crippen LogP contribution is -2.24. The maximum Gasteiger partial charge on any atom is 0.338 e. The van der Waals surface area contributed by atoms with E-state index in [1.807, 2.05) is 12.1 Å². The lowest BCUT2D eigenvalue weighted by Gasteiger charge is -2.17. The van der Waals surface area contributed by atoms with Crippen LogP contribution < -0.4 is 10.1 Å². The predicted octanol–water partition coefficient (Wildman–Crippen LogP) is 8.11. The van der Waals surface area contributed by atoms with Crippen LogP contribution in [0, 0.1) is 0 Å².